The summed E-state index contributed by atoms with van der Waals surface area (Å²) in [4.78, 5) is 11.6. The molecule has 0 saturated heterocycles. The van der Waals surface area contributed by atoms with Gasteiger partial charge >= 0.3 is 5.97 Å². The van der Waals surface area contributed by atoms with Gasteiger partial charge in [0.25, 0.3) is 0 Å². The molecule has 0 atom stereocenters. The summed E-state index contributed by atoms with van der Waals surface area (Å²) in [7, 11) is -2.05. The Kier molecular flexibility index (Phi) is 6.41. The van der Waals surface area contributed by atoms with Crippen molar-refractivity contribution in [1.29, 1.82) is 0 Å². The van der Waals surface area contributed by atoms with E-state index in [1.165, 1.54) is 19.2 Å². The molecule has 110 valence electrons. The van der Waals surface area contributed by atoms with Crippen LogP contribution in [0.25, 0.3) is 0 Å². The van der Waals surface area contributed by atoms with E-state index in [0.717, 1.165) is 5.56 Å². The number of esters is 1. The third-order valence-corrected chi connectivity index (χ3v) is 4.13. The smallest absolute Gasteiger partial charge is 0.306 e. The van der Waals surface area contributed by atoms with Gasteiger partial charge in [-0.1, -0.05) is 24.3 Å². The number of hydrogen-bond acceptors (Lipinski definition) is 4. The van der Waals surface area contributed by atoms with E-state index in [1.807, 2.05) is 13.0 Å². The average Bonchev–Trinajstić information content (AvgIpc) is 2.46. The number of hydrogen-bond donors (Lipinski definition) is 1. The second-order valence-electron chi connectivity index (χ2n) is 4.10. The van der Waals surface area contributed by atoms with Crippen molar-refractivity contribution in [2.24, 2.45) is 0 Å². The van der Waals surface area contributed by atoms with Crippen molar-refractivity contribution >= 4 is 16.0 Å². The molecule has 5 nitrogen and oxygen atoms in total. The first-order valence-corrected chi connectivity index (χ1v) is 7.77. The number of rotatable bonds is 7. The maximum atomic E-state index is 11.5. The lowest BCUT2D eigenvalue weighted by Gasteiger charge is -2.05. The first-order valence-electron chi connectivity index (χ1n) is 6.29. The summed E-state index contributed by atoms with van der Waals surface area (Å²) in [6.07, 6.45) is 4.37. The Morgan fingerprint density at radius 2 is 1.95 bits per heavy atom. The highest BCUT2D eigenvalue weighted by Gasteiger charge is 2.10. The van der Waals surface area contributed by atoms with Gasteiger partial charge in [-0.2, -0.15) is 0 Å². The van der Waals surface area contributed by atoms with Crippen molar-refractivity contribution in [3.05, 3.63) is 42.0 Å². The molecule has 0 unspecified atom stereocenters. The molecule has 0 aliphatic heterocycles. The third kappa shape index (κ3) is 5.14. The monoisotopic (exact) mass is 297 g/mol. The Bertz CT molecular complexity index is 561. The third-order valence-electron chi connectivity index (χ3n) is 2.70. The van der Waals surface area contributed by atoms with Gasteiger partial charge in [-0.3, -0.25) is 4.79 Å². The lowest BCUT2D eigenvalue weighted by molar-refractivity contribution is -0.142. The minimum atomic E-state index is -3.41. The van der Waals surface area contributed by atoms with Crippen LogP contribution in [0.4, 0.5) is 0 Å². The van der Waals surface area contributed by atoms with E-state index in [0.29, 0.717) is 6.42 Å². The zero-order valence-electron chi connectivity index (χ0n) is 11.6. The predicted molar refractivity (Wildman–Crippen MR) is 76.8 cm³/mol. The molecule has 1 rings (SSSR count). The van der Waals surface area contributed by atoms with Crippen LogP contribution in [-0.4, -0.2) is 28.0 Å². The molecule has 1 aromatic rings. The molecule has 1 aromatic carbocycles. The second kappa shape index (κ2) is 7.81. The van der Waals surface area contributed by atoms with Crippen molar-refractivity contribution in [1.82, 2.24) is 4.72 Å². The van der Waals surface area contributed by atoms with Gasteiger partial charge in [0.05, 0.1) is 4.90 Å². The molecule has 0 aliphatic rings. The molecule has 0 aromatic heterocycles. The number of carbonyl (C=O) groups excluding carboxylic acids is 1. The van der Waals surface area contributed by atoms with Crippen LogP contribution in [0, 0.1) is 0 Å². The Morgan fingerprint density at radius 3 is 2.50 bits per heavy atom. The highest BCUT2D eigenvalue weighted by Crippen LogP contribution is 2.11. The van der Waals surface area contributed by atoms with Crippen LogP contribution in [0.2, 0.25) is 0 Å². The van der Waals surface area contributed by atoms with E-state index in [2.05, 4.69) is 4.72 Å². The van der Waals surface area contributed by atoms with Gasteiger partial charge in [0.1, 0.15) is 6.61 Å². The Hall–Kier alpha value is -1.66. The Morgan fingerprint density at radius 1 is 1.30 bits per heavy atom. The molecule has 0 saturated carbocycles. The van der Waals surface area contributed by atoms with Crippen LogP contribution >= 0.6 is 0 Å². The molecule has 0 aliphatic carbocycles. The van der Waals surface area contributed by atoms with E-state index in [9.17, 15) is 13.2 Å². The topological polar surface area (TPSA) is 72.5 Å². The predicted octanol–water partition coefficient (Wildman–Crippen LogP) is 1.65. The van der Waals surface area contributed by atoms with E-state index in [1.54, 1.807) is 18.2 Å². The van der Waals surface area contributed by atoms with Gasteiger partial charge in [0.15, 0.2) is 0 Å². The Balaban J connectivity index is 2.52. The number of aryl methyl sites for hydroxylation is 1. The van der Waals surface area contributed by atoms with Gasteiger partial charge in [0.2, 0.25) is 10.0 Å². The van der Waals surface area contributed by atoms with Gasteiger partial charge in [-0.25, -0.2) is 13.1 Å². The van der Waals surface area contributed by atoms with Crippen molar-refractivity contribution < 1.29 is 17.9 Å². The van der Waals surface area contributed by atoms with Crippen LogP contribution in [0.1, 0.15) is 18.9 Å². The van der Waals surface area contributed by atoms with Crippen molar-refractivity contribution in [2.75, 3.05) is 13.7 Å². The lowest BCUT2D eigenvalue weighted by atomic mass is 10.1. The number of allylic oxidation sites excluding steroid dienone is 1. The molecule has 20 heavy (non-hydrogen) atoms. The van der Waals surface area contributed by atoms with Crippen molar-refractivity contribution in [3.8, 4) is 0 Å². The molecule has 0 spiro atoms. The highest BCUT2D eigenvalue weighted by molar-refractivity contribution is 7.89. The molecular weight excluding hydrogens is 278 g/mol. The lowest BCUT2D eigenvalue weighted by Crippen LogP contribution is -2.18. The fraction of sp³-hybridized carbons (Fsp3) is 0.357. The van der Waals surface area contributed by atoms with Crippen molar-refractivity contribution in [3.63, 3.8) is 0 Å². The highest BCUT2D eigenvalue weighted by atomic mass is 32.2. The van der Waals surface area contributed by atoms with E-state index < -0.39 is 10.0 Å². The first-order chi connectivity index (χ1) is 9.49. The second-order valence-corrected chi connectivity index (χ2v) is 5.99. The first kappa shape index (κ1) is 16.4. The standard InChI is InChI=1S/C14H19NO4S/c1-3-4-11-19-14(16)10-7-12-5-8-13(9-6-12)20(17,18)15-2/h3-6,8-9,15H,7,10-11H2,1-2H3/b4-3+. The number of nitrogens with one attached hydrogen (secondary N) is 1. The molecule has 0 amide bonds. The maximum absolute atomic E-state index is 11.5. The number of carbonyl (C=O) groups is 1. The fourth-order valence-corrected chi connectivity index (χ4v) is 2.24. The van der Waals surface area contributed by atoms with Gasteiger partial charge in [0, 0.05) is 6.42 Å². The summed E-state index contributed by atoms with van der Waals surface area (Å²) in [6.45, 7) is 2.14. The molecule has 6 heteroatoms. The van der Waals surface area contributed by atoms with Crippen molar-refractivity contribution in [2.45, 2.75) is 24.7 Å². The number of benzene rings is 1. The SMILES string of the molecule is C/C=C/COC(=O)CCc1ccc(S(=O)(=O)NC)cc1. The van der Waals surface area contributed by atoms with E-state index in [-0.39, 0.29) is 23.9 Å². The van der Waals surface area contributed by atoms with Crippen LogP contribution in [0.15, 0.2) is 41.3 Å². The summed E-state index contributed by atoms with van der Waals surface area (Å²) in [5.74, 6) is -0.268. The summed E-state index contributed by atoms with van der Waals surface area (Å²) in [5.41, 5.74) is 0.892. The van der Waals surface area contributed by atoms with Crippen LogP contribution < -0.4 is 4.72 Å². The molecule has 0 fully saturated rings. The molecule has 0 radical (unpaired) electrons. The van der Waals surface area contributed by atoms with E-state index >= 15 is 0 Å². The molecule has 1 N–H and O–H groups in total. The number of sulfonamides is 1. The summed E-state index contributed by atoms with van der Waals surface area (Å²) < 4.78 is 30.3. The number of ether oxygens (including phenoxy) is 1. The molecule has 0 bridgehead atoms. The van der Waals surface area contributed by atoms with Crippen LogP contribution in [0.3, 0.4) is 0 Å². The quantitative estimate of drug-likeness (QED) is 0.613. The van der Waals surface area contributed by atoms with E-state index in [4.69, 9.17) is 4.74 Å². The summed E-state index contributed by atoms with van der Waals surface area (Å²) in [5, 5.41) is 0. The summed E-state index contributed by atoms with van der Waals surface area (Å²) in [6, 6.07) is 6.44. The maximum Gasteiger partial charge on any atom is 0.306 e. The zero-order valence-corrected chi connectivity index (χ0v) is 12.4. The average molecular weight is 297 g/mol. The Labute approximate surface area is 119 Å². The van der Waals surface area contributed by atoms with Crippen LogP contribution in [0.5, 0.6) is 0 Å². The fourth-order valence-electron chi connectivity index (χ4n) is 1.51. The zero-order chi connectivity index (χ0) is 15.0. The minimum absolute atomic E-state index is 0.208. The largest absolute Gasteiger partial charge is 0.461 e. The van der Waals surface area contributed by atoms with Gasteiger partial charge in [-0.15, -0.1) is 0 Å². The summed E-state index contributed by atoms with van der Waals surface area (Å²) >= 11 is 0. The molecular formula is C14H19NO4S. The normalized spacial score (nSPS) is 11.7. The minimum Gasteiger partial charge on any atom is -0.461 e. The van der Waals surface area contributed by atoms with Gasteiger partial charge in [-0.05, 0) is 38.1 Å². The molecule has 0 heterocycles. The van der Waals surface area contributed by atoms with Crippen LogP contribution in [-0.2, 0) is 26.0 Å². The van der Waals surface area contributed by atoms with Gasteiger partial charge < -0.3 is 4.74 Å².